The van der Waals surface area contributed by atoms with Crippen LogP contribution in [0.3, 0.4) is 0 Å². The Morgan fingerprint density at radius 1 is 1.00 bits per heavy atom. The van der Waals surface area contributed by atoms with E-state index >= 15 is 0 Å². The lowest BCUT2D eigenvalue weighted by molar-refractivity contribution is 0.937. The summed E-state index contributed by atoms with van der Waals surface area (Å²) in [4.78, 5) is 0. The third kappa shape index (κ3) is 2.77. The molecule has 0 unspecified atom stereocenters. The topological polar surface area (TPSA) is 25.8 Å². The second kappa shape index (κ2) is 4.41. The predicted molar refractivity (Wildman–Crippen MR) is 61.0 cm³/mol. The summed E-state index contributed by atoms with van der Waals surface area (Å²) < 4.78 is 0. The molecule has 0 spiro atoms. The number of hydrogen-bond donors (Lipinski definition) is 0. The predicted octanol–water partition coefficient (Wildman–Crippen LogP) is 3.03. The van der Waals surface area contributed by atoms with Crippen LogP contribution in [0.2, 0.25) is 5.15 Å². The molecule has 0 saturated heterocycles. The van der Waals surface area contributed by atoms with E-state index in [1.165, 1.54) is 11.1 Å². The van der Waals surface area contributed by atoms with Crippen molar-refractivity contribution in [3.05, 3.63) is 58.4 Å². The number of benzene rings is 1. The maximum Gasteiger partial charge on any atom is 0.151 e. The first-order valence-electron chi connectivity index (χ1n) is 4.78. The van der Waals surface area contributed by atoms with E-state index in [9.17, 15) is 0 Å². The minimum Gasteiger partial charge on any atom is -0.154 e. The zero-order chi connectivity index (χ0) is 10.7. The van der Waals surface area contributed by atoms with E-state index in [1.54, 1.807) is 6.07 Å². The average molecular weight is 219 g/mol. The Bertz CT molecular complexity index is 391. The summed E-state index contributed by atoms with van der Waals surface area (Å²) in [6.07, 6.45) is 0.796. The summed E-state index contributed by atoms with van der Waals surface area (Å²) in [5.74, 6) is 0. The molecule has 0 aliphatic carbocycles. The summed E-state index contributed by atoms with van der Waals surface area (Å²) in [6.45, 7) is 2.08. The van der Waals surface area contributed by atoms with Crippen molar-refractivity contribution in [2.45, 2.75) is 13.3 Å². The van der Waals surface area contributed by atoms with E-state index in [2.05, 4.69) is 41.4 Å². The monoisotopic (exact) mass is 218 g/mol. The zero-order valence-electron chi connectivity index (χ0n) is 8.44. The fraction of sp³-hybridized carbons (Fsp3) is 0.167. The van der Waals surface area contributed by atoms with Crippen molar-refractivity contribution in [2.75, 3.05) is 0 Å². The van der Waals surface area contributed by atoms with E-state index < -0.39 is 0 Å². The van der Waals surface area contributed by atoms with Crippen LogP contribution >= 0.6 is 11.6 Å². The van der Waals surface area contributed by atoms with Crippen LogP contribution in [-0.4, -0.2) is 10.2 Å². The molecule has 0 saturated carbocycles. The fourth-order valence-corrected chi connectivity index (χ4v) is 1.45. The summed E-state index contributed by atoms with van der Waals surface area (Å²) in [6, 6.07) is 12.1. The van der Waals surface area contributed by atoms with Gasteiger partial charge in [-0.25, -0.2) is 0 Å². The van der Waals surface area contributed by atoms with Crippen LogP contribution in [0.4, 0.5) is 0 Å². The van der Waals surface area contributed by atoms with Gasteiger partial charge < -0.3 is 0 Å². The molecule has 1 heterocycles. The highest BCUT2D eigenvalue weighted by Gasteiger charge is 1.98. The second-order valence-corrected chi connectivity index (χ2v) is 3.90. The molecule has 1 aromatic heterocycles. The molecule has 2 nitrogen and oxygen atoms in total. The molecule has 0 fully saturated rings. The van der Waals surface area contributed by atoms with Gasteiger partial charge in [-0.3, -0.25) is 0 Å². The average Bonchev–Trinajstić information content (AvgIpc) is 2.25. The lowest BCUT2D eigenvalue weighted by Gasteiger charge is -2.00. The number of nitrogens with zero attached hydrogens (tertiary/aromatic N) is 2. The molecule has 0 atom stereocenters. The van der Waals surface area contributed by atoms with Crippen molar-refractivity contribution in [1.29, 1.82) is 0 Å². The number of aryl methyl sites for hydroxylation is 1. The molecule has 2 rings (SSSR count). The third-order valence-corrected chi connectivity index (χ3v) is 2.39. The van der Waals surface area contributed by atoms with Gasteiger partial charge in [-0.15, -0.1) is 5.10 Å². The quantitative estimate of drug-likeness (QED) is 0.775. The Morgan fingerprint density at radius 2 is 1.73 bits per heavy atom. The number of hydrogen-bond acceptors (Lipinski definition) is 2. The highest BCUT2D eigenvalue weighted by molar-refractivity contribution is 6.29. The molecule has 3 heteroatoms. The summed E-state index contributed by atoms with van der Waals surface area (Å²) in [5, 5.41) is 8.26. The van der Waals surface area contributed by atoms with Crippen LogP contribution in [0.5, 0.6) is 0 Å². The first kappa shape index (κ1) is 10.1. The van der Waals surface area contributed by atoms with E-state index in [0.29, 0.717) is 5.15 Å². The van der Waals surface area contributed by atoms with E-state index in [-0.39, 0.29) is 0 Å². The Labute approximate surface area is 93.9 Å². The van der Waals surface area contributed by atoms with E-state index in [4.69, 9.17) is 11.6 Å². The molecular weight excluding hydrogens is 208 g/mol. The van der Waals surface area contributed by atoms with Gasteiger partial charge in [-0.2, -0.15) is 5.10 Å². The molecule has 76 valence electrons. The summed E-state index contributed by atoms with van der Waals surface area (Å²) in [7, 11) is 0. The molecule has 0 radical (unpaired) electrons. The Hall–Kier alpha value is -1.41. The molecule has 0 amide bonds. The normalized spacial score (nSPS) is 10.3. The van der Waals surface area contributed by atoms with Gasteiger partial charge in [0.1, 0.15) is 0 Å². The molecule has 0 bridgehead atoms. The SMILES string of the molecule is Cc1ccc(Cc2ccc(Cl)nn2)cc1. The van der Waals surface area contributed by atoms with Gasteiger partial charge in [0.05, 0.1) is 5.69 Å². The van der Waals surface area contributed by atoms with Crippen molar-refractivity contribution in [2.24, 2.45) is 0 Å². The van der Waals surface area contributed by atoms with Crippen LogP contribution in [0.15, 0.2) is 36.4 Å². The van der Waals surface area contributed by atoms with Crippen LogP contribution in [0, 0.1) is 6.92 Å². The maximum absolute atomic E-state index is 5.66. The Morgan fingerprint density at radius 3 is 2.33 bits per heavy atom. The van der Waals surface area contributed by atoms with Gasteiger partial charge >= 0.3 is 0 Å². The highest BCUT2D eigenvalue weighted by Crippen LogP contribution is 2.09. The van der Waals surface area contributed by atoms with Gasteiger partial charge in [-0.1, -0.05) is 41.4 Å². The number of halogens is 1. The first-order chi connectivity index (χ1) is 7.24. The minimum absolute atomic E-state index is 0.433. The lowest BCUT2D eigenvalue weighted by Crippen LogP contribution is -1.94. The van der Waals surface area contributed by atoms with Crippen molar-refractivity contribution < 1.29 is 0 Å². The minimum atomic E-state index is 0.433. The van der Waals surface area contributed by atoms with Gasteiger partial charge in [0.2, 0.25) is 0 Å². The fourth-order valence-electron chi connectivity index (χ4n) is 1.35. The van der Waals surface area contributed by atoms with Crippen molar-refractivity contribution in [3.63, 3.8) is 0 Å². The lowest BCUT2D eigenvalue weighted by atomic mass is 10.1. The molecule has 0 aliphatic heterocycles. The van der Waals surface area contributed by atoms with Crippen LogP contribution in [0.1, 0.15) is 16.8 Å². The number of aromatic nitrogens is 2. The van der Waals surface area contributed by atoms with Gasteiger partial charge in [0.25, 0.3) is 0 Å². The van der Waals surface area contributed by atoms with Gasteiger partial charge in [-0.05, 0) is 24.6 Å². The summed E-state index contributed by atoms with van der Waals surface area (Å²) in [5.41, 5.74) is 3.43. The van der Waals surface area contributed by atoms with Crippen LogP contribution in [0.25, 0.3) is 0 Å². The van der Waals surface area contributed by atoms with E-state index in [1.807, 2.05) is 6.07 Å². The van der Waals surface area contributed by atoms with Crippen molar-refractivity contribution in [1.82, 2.24) is 10.2 Å². The second-order valence-electron chi connectivity index (χ2n) is 3.51. The third-order valence-electron chi connectivity index (χ3n) is 2.19. The molecule has 15 heavy (non-hydrogen) atoms. The van der Waals surface area contributed by atoms with Crippen molar-refractivity contribution >= 4 is 11.6 Å². The maximum atomic E-state index is 5.66. The molecule has 1 aromatic carbocycles. The molecule has 0 aliphatic rings. The van der Waals surface area contributed by atoms with Crippen molar-refractivity contribution in [3.8, 4) is 0 Å². The van der Waals surface area contributed by atoms with E-state index in [0.717, 1.165) is 12.1 Å². The zero-order valence-corrected chi connectivity index (χ0v) is 9.20. The van der Waals surface area contributed by atoms with Crippen LogP contribution in [-0.2, 0) is 6.42 Å². The van der Waals surface area contributed by atoms with Gasteiger partial charge in [0.15, 0.2) is 5.15 Å². The smallest absolute Gasteiger partial charge is 0.151 e. The van der Waals surface area contributed by atoms with Crippen LogP contribution < -0.4 is 0 Å². The standard InChI is InChI=1S/C12H11ClN2/c1-9-2-4-10(5-3-9)8-11-6-7-12(13)15-14-11/h2-7H,8H2,1H3. The molecule has 2 aromatic rings. The highest BCUT2D eigenvalue weighted by atomic mass is 35.5. The molecular formula is C12H11ClN2. The Kier molecular flexibility index (Phi) is 2.97. The first-order valence-corrected chi connectivity index (χ1v) is 5.15. The Balaban J connectivity index is 2.15. The van der Waals surface area contributed by atoms with Gasteiger partial charge in [0, 0.05) is 6.42 Å². The summed E-state index contributed by atoms with van der Waals surface area (Å²) >= 11 is 5.66. The molecule has 0 N–H and O–H groups in total. The largest absolute Gasteiger partial charge is 0.154 e. The number of rotatable bonds is 2.